The Morgan fingerprint density at radius 2 is 0.873 bits per heavy atom. The summed E-state index contributed by atoms with van der Waals surface area (Å²) in [5.74, 6) is 0. The highest BCUT2D eigenvalue weighted by Gasteiger charge is 2.28. The molecule has 0 aliphatic carbocycles. The zero-order valence-corrected chi connectivity index (χ0v) is 42.5. The van der Waals surface area contributed by atoms with Crippen molar-refractivity contribution in [1.82, 2.24) is 0 Å². The molecule has 0 atom stereocenters. The molecule has 7 aromatic rings. The lowest BCUT2D eigenvalue weighted by molar-refractivity contribution is 0.569. The molecule has 6 aromatic carbocycles. The summed E-state index contributed by atoms with van der Waals surface area (Å²) in [6, 6.07) is 44.7. The number of anilines is 6. The first-order chi connectivity index (χ1) is 29.2. The van der Waals surface area contributed by atoms with Crippen LogP contribution in [0.1, 0.15) is 132 Å². The van der Waals surface area contributed by atoms with Gasteiger partial charge < -0.3 is 9.80 Å². The molecule has 0 aliphatic heterocycles. The van der Waals surface area contributed by atoms with E-state index < -0.39 is 0 Å². The fourth-order valence-corrected chi connectivity index (χ4v) is 9.54. The van der Waals surface area contributed by atoms with E-state index in [1.54, 1.807) is 11.3 Å². The Balaban J connectivity index is 1.48. The van der Waals surface area contributed by atoms with Crippen molar-refractivity contribution in [3.8, 4) is 11.1 Å². The summed E-state index contributed by atoms with van der Waals surface area (Å²) in [4.78, 5) is 4.58. The van der Waals surface area contributed by atoms with Crippen molar-refractivity contribution in [3.63, 3.8) is 0 Å². The zero-order chi connectivity index (χ0) is 46.0. The number of thiophene rings is 1. The second-order valence-corrected chi connectivity index (χ2v) is 24.1. The summed E-state index contributed by atoms with van der Waals surface area (Å²) in [6.45, 7) is 34.0. The van der Waals surface area contributed by atoms with E-state index in [-0.39, 0.29) is 27.1 Å². The molecule has 0 saturated heterocycles. The van der Waals surface area contributed by atoms with Gasteiger partial charge in [0.1, 0.15) is 0 Å². The van der Waals surface area contributed by atoms with Gasteiger partial charge in [0.15, 0.2) is 0 Å². The highest BCUT2D eigenvalue weighted by molar-refractivity contribution is 7.17. The summed E-state index contributed by atoms with van der Waals surface area (Å²) in [7, 11) is 0. The van der Waals surface area contributed by atoms with Crippen LogP contribution >= 0.6 is 34.5 Å². The van der Waals surface area contributed by atoms with Crippen LogP contribution in [-0.4, -0.2) is 0 Å². The smallest absolute Gasteiger partial charge is 0.0887 e. The van der Waals surface area contributed by atoms with Crippen LogP contribution in [0.4, 0.5) is 34.1 Å². The van der Waals surface area contributed by atoms with Crippen LogP contribution in [-0.2, 0) is 27.1 Å². The number of fused-ring (bicyclic) bond motifs is 1. The SMILES string of the molecule is CC(C)(C)c1ccc(N(c2cccc(N(c3cccc(-c4cc(C(C)(C)C)cc(C(C)(C)C)c4)c3)c3ccc(C(C)(C)C)cc3Cl)c2Cl)c2csc3ccc(C(C)(C)C)cc23)cc1. The van der Waals surface area contributed by atoms with Gasteiger partial charge in [-0.2, -0.15) is 0 Å². The van der Waals surface area contributed by atoms with E-state index in [2.05, 4.69) is 240 Å². The average Bonchev–Trinajstić information content (AvgIpc) is 3.61. The van der Waals surface area contributed by atoms with Gasteiger partial charge in [0, 0.05) is 26.8 Å². The fourth-order valence-electron chi connectivity index (χ4n) is 8.07. The molecule has 0 N–H and O–H groups in total. The Bertz CT molecular complexity index is 2740. The molecule has 5 heteroatoms. The third kappa shape index (κ3) is 9.78. The molecule has 2 nitrogen and oxygen atoms in total. The minimum absolute atomic E-state index is 0.0106. The predicted octanol–water partition coefficient (Wildman–Crippen LogP) is 19.3. The number of benzene rings is 6. The van der Waals surface area contributed by atoms with Crippen molar-refractivity contribution in [2.24, 2.45) is 0 Å². The summed E-state index contributed by atoms with van der Waals surface area (Å²) in [5.41, 5.74) is 14.2. The molecule has 1 aromatic heterocycles. The molecule has 63 heavy (non-hydrogen) atoms. The molecule has 0 saturated carbocycles. The normalized spacial score (nSPS) is 12.8. The molecular weight excluding hydrogens is 828 g/mol. The molecule has 0 radical (unpaired) electrons. The van der Waals surface area contributed by atoms with Gasteiger partial charge in [-0.15, -0.1) is 11.3 Å². The van der Waals surface area contributed by atoms with E-state index >= 15 is 0 Å². The maximum Gasteiger partial charge on any atom is 0.0887 e. The molecule has 0 amide bonds. The molecule has 0 aliphatic rings. The van der Waals surface area contributed by atoms with Gasteiger partial charge in [0.25, 0.3) is 0 Å². The van der Waals surface area contributed by atoms with Gasteiger partial charge in [0.2, 0.25) is 0 Å². The van der Waals surface area contributed by atoms with Crippen molar-refractivity contribution in [1.29, 1.82) is 0 Å². The minimum atomic E-state index is -0.0769. The van der Waals surface area contributed by atoms with Gasteiger partial charge in [-0.25, -0.2) is 0 Å². The highest BCUT2D eigenvalue weighted by Crippen LogP contribution is 2.51. The zero-order valence-electron chi connectivity index (χ0n) is 40.2. The molecule has 0 unspecified atom stereocenters. The largest absolute Gasteiger partial charge is 0.307 e. The van der Waals surface area contributed by atoms with Crippen molar-refractivity contribution in [2.45, 2.75) is 131 Å². The summed E-state index contributed by atoms with van der Waals surface area (Å²) < 4.78 is 1.23. The Kier molecular flexibility index (Phi) is 12.4. The van der Waals surface area contributed by atoms with E-state index in [9.17, 15) is 0 Å². The van der Waals surface area contributed by atoms with Crippen LogP contribution in [0.5, 0.6) is 0 Å². The molecular formula is C58H66Cl2N2S. The Morgan fingerprint density at radius 1 is 0.381 bits per heavy atom. The van der Waals surface area contributed by atoms with Gasteiger partial charge in [-0.3, -0.25) is 0 Å². The van der Waals surface area contributed by atoms with Crippen LogP contribution in [0.15, 0.2) is 127 Å². The van der Waals surface area contributed by atoms with Crippen molar-refractivity contribution >= 4 is 78.7 Å². The van der Waals surface area contributed by atoms with Crippen LogP contribution in [0, 0.1) is 0 Å². The van der Waals surface area contributed by atoms with E-state index in [1.165, 1.54) is 43.5 Å². The Labute approximate surface area is 392 Å². The monoisotopic (exact) mass is 892 g/mol. The molecule has 328 valence electrons. The summed E-state index contributed by atoms with van der Waals surface area (Å²) in [5, 5.41) is 4.76. The molecule has 7 rings (SSSR count). The molecule has 0 spiro atoms. The summed E-state index contributed by atoms with van der Waals surface area (Å²) in [6.07, 6.45) is 0. The number of nitrogens with zero attached hydrogens (tertiary/aromatic N) is 2. The second kappa shape index (κ2) is 16.8. The lowest BCUT2D eigenvalue weighted by atomic mass is 9.79. The fraction of sp³-hybridized carbons (Fsp3) is 0.345. The first-order valence-electron chi connectivity index (χ1n) is 22.3. The van der Waals surface area contributed by atoms with E-state index in [1.807, 2.05) is 0 Å². The number of rotatable bonds is 7. The van der Waals surface area contributed by atoms with Gasteiger partial charge >= 0.3 is 0 Å². The van der Waals surface area contributed by atoms with Crippen molar-refractivity contribution in [3.05, 3.63) is 165 Å². The number of hydrogen-bond donors (Lipinski definition) is 0. The number of halogens is 2. The quantitative estimate of drug-likeness (QED) is 0.157. The second-order valence-electron chi connectivity index (χ2n) is 22.4. The van der Waals surface area contributed by atoms with E-state index in [4.69, 9.17) is 23.2 Å². The number of hydrogen-bond acceptors (Lipinski definition) is 3. The van der Waals surface area contributed by atoms with Crippen molar-refractivity contribution < 1.29 is 0 Å². The van der Waals surface area contributed by atoms with Crippen LogP contribution in [0.3, 0.4) is 0 Å². The van der Waals surface area contributed by atoms with Gasteiger partial charge in [-0.1, -0.05) is 188 Å². The maximum absolute atomic E-state index is 7.96. The maximum atomic E-state index is 7.96. The standard InChI is InChI=1S/C58H66Cl2N2S/c1-54(2,3)39-22-26-44(27-23-39)61(51-36-63-52-29-25-40(34-46(51)52)55(4,5)6)49-20-17-21-50(53(49)60)62(48-28-24-41(35-47(48)59)56(7,8)9)45-19-16-18-37(32-45)38-30-42(57(10,11)12)33-43(31-38)58(13,14)15/h16-36H,1-15H3. The topological polar surface area (TPSA) is 6.48 Å². The van der Waals surface area contributed by atoms with Gasteiger partial charge in [0.05, 0.1) is 32.8 Å². The van der Waals surface area contributed by atoms with Crippen LogP contribution in [0.25, 0.3) is 21.2 Å². The van der Waals surface area contributed by atoms with Gasteiger partial charge in [-0.05, 0) is 127 Å². The third-order valence-corrected chi connectivity index (χ3v) is 13.9. The molecule has 0 fully saturated rings. The first-order valence-corrected chi connectivity index (χ1v) is 23.9. The minimum Gasteiger partial charge on any atom is -0.307 e. The molecule has 0 bridgehead atoms. The van der Waals surface area contributed by atoms with E-state index in [0.717, 1.165) is 39.7 Å². The lowest BCUT2D eigenvalue weighted by Crippen LogP contribution is -2.17. The highest BCUT2D eigenvalue weighted by atomic mass is 35.5. The van der Waals surface area contributed by atoms with Crippen molar-refractivity contribution in [2.75, 3.05) is 9.80 Å². The average molecular weight is 894 g/mol. The van der Waals surface area contributed by atoms with Crippen LogP contribution in [0.2, 0.25) is 10.0 Å². The summed E-state index contributed by atoms with van der Waals surface area (Å²) >= 11 is 17.2. The Hall–Kier alpha value is -4.54. The predicted molar refractivity (Wildman–Crippen MR) is 280 cm³/mol. The Morgan fingerprint density at radius 3 is 1.41 bits per heavy atom. The first kappa shape index (κ1) is 46.5. The van der Waals surface area contributed by atoms with Crippen LogP contribution < -0.4 is 9.80 Å². The molecule has 1 heterocycles. The van der Waals surface area contributed by atoms with E-state index in [0.29, 0.717) is 10.0 Å². The third-order valence-electron chi connectivity index (χ3n) is 12.2. The lowest BCUT2D eigenvalue weighted by Gasteiger charge is -2.32.